The number of amides is 3. The minimum Gasteiger partial charge on any atom is -0.493 e. The molecule has 0 aliphatic carbocycles. The largest absolute Gasteiger partial charge is 0.493 e. The second-order valence-corrected chi connectivity index (χ2v) is 10.3. The van der Waals surface area contributed by atoms with Crippen molar-refractivity contribution in [1.82, 2.24) is 25.7 Å². The summed E-state index contributed by atoms with van der Waals surface area (Å²) < 4.78 is 17.1. The third-order valence-corrected chi connectivity index (χ3v) is 7.03. The number of aromatic nitrogens is 2. The van der Waals surface area contributed by atoms with Crippen molar-refractivity contribution in [2.24, 2.45) is 5.92 Å². The van der Waals surface area contributed by atoms with Crippen LogP contribution in [-0.2, 0) is 14.2 Å². The van der Waals surface area contributed by atoms with E-state index in [1.54, 1.807) is 13.8 Å². The molecule has 14 heteroatoms. The van der Waals surface area contributed by atoms with Crippen molar-refractivity contribution in [3.8, 4) is 17.0 Å². The molecule has 0 saturated carbocycles. The van der Waals surface area contributed by atoms with Gasteiger partial charge >= 0.3 is 7.60 Å². The van der Waals surface area contributed by atoms with Gasteiger partial charge in [-0.1, -0.05) is 39.2 Å². The Labute approximate surface area is 227 Å². The molecule has 1 aromatic carbocycles. The maximum Gasteiger partial charge on any atom is 0.359 e. The van der Waals surface area contributed by atoms with Crippen molar-refractivity contribution < 1.29 is 38.7 Å². The lowest BCUT2D eigenvalue weighted by atomic mass is 9.90. The van der Waals surface area contributed by atoms with Gasteiger partial charge < -0.3 is 25.2 Å². The Morgan fingerprint density at radius 3 is 2.51 bits per heavy atom. The molecule has 0 aliphatic rings. The number of carbonyl (C=O) groups is 3. The number of rotatable bonds is 16. The fraction of sp³-hybridized carbons (Fsp3) is 0.480. The van der Waals surface area contributed by atoms with Crippen molar-refractivity contribution >= 4 is 31.1 Å². The molecule has 0 bridgehead atoms. The summed E-state index contributed by atoms with van der Waals surface area (Å²) in [7, 11) is -4.57. The molecule has 5 N–H and O–H groups in total. The van der Waals surface area contributed by atoms with E-state index in [4.69, 9.17) is 4.74 Å². The van der Waals surface area contributed by atoms with E-state index < -0.39 is 31.4 Å². The average Bonchev–Trinajstić information content (AvgIpc) is 2.91. The van der Waals surface area contributed by atoms with Crippen LogP contribution in [0.15, 0.2) is 30.6 Å². The van der Waals surface area contributed by atoms with Gasteiger partial charge in [0, 0.05) is 5.56 Å². The van der Waals surface area contributed by atoms with Crippen LogP contribution in [0, 0.1) is 5.92 Å². The van der Waals surface area contributed by atoms with Crippen molar-refractivity contribution in [3.63, 3.8) is 0 Å². The van der Waals surface area contributed by atoms with Crippen LogP contribution in [0.4, 0.5) is 0 Å². The molecule has 13 nitrogen and oxygen atoms in total. The van der Waals surface area contributed by atoms with E-state index in [0.717, 1.165) is 19.3 Å². The van der Waals surface area contributed by atoms with E-state index in [1.165, 1.54) is 30.6 Å². The molecule has 1 aromatic heterocycles. The number of benzene rings is 1. The quantitative estimate of drug-likeness (QED) is 0.0502. The normalized spacial score (nSPS) is 12.8. The summed E-state index contributed by atoms with van der Waals surface area (Å²) in [6.45, 7) is 5.43. The molecular formula is C25H36N5O8P. The first-order valence-electron chi connectivity index (χ1n) is 12.7. The fourth-order valence-corrected chi connectivity index (χ4v) is 4.76. The van der Waals surface area contributed by atoms with Crippen LogP contribution in [0.25, 0.3) is 11.3 Å². The highest BCUT2D eigenvalue weighted by Gasteiger charge is 2.30. The lowest BCUT2D eigenvalue weighted by Crippen LogP contribution is -2.47. The van der Waals surface area contributed by atoms with E-state index in [-0.39, 0.29) is 42.1 Å². The number of hydrogen-bond acceptors (Lipinski definition) is 8. The van der Waals surface area contributed by atoms with Gasteiger partial charge in [-0.3, -0.25) is 29.1 Å². The van der Waals surface area contributed by atoms with Crippen LogP contribution in [0.5, 0.6) is 5.75 Å². The zero-order valence-electron chi connectivity index (χ0n) is 22.2. The molecule has 1 heterocycles. The molecule has 2 rings (SSSR count). The van der Waals surface area contributed by atoms with Gasteiger partial charge in [0.25, 0.3) is 5.91 Å². The van der Waals surface area contributed by atoms with Gasteiger partial charge in [-0.25, -0.2) is 10.0 Å². The number of nitrogens with one attached hydrogen (secondary N) is 2. The summed E-state index contributed by atoms with van der Waals surface area (Å²) in [4.78, 5) is 64.1. The Morgan fingerprint density at radius 1 is 1.15 bits per heavy atom. The third-order valence-electron chi connectivity index (χ3n) is 6.03. The van der Waals surface area contributed by atoms with E-state index >= 15 is 0 Å². The maximum absolute atomic E-state index is 12.9. The second kappa shape index (κ2) is 15.3. The van der Waals surface area contributed by atoms with E-state index in [2.05, 4.69) is 20.6 Å². The van der Waals surface area contributed by atoms with Gasteiger partial charge in [0.15, 0.2) is 0 Å². The van der Waals surface area contributed by atoms with Crippen molar-refractivity contribution in [3.05, 3.63) is 36.3 Å². The first-order chi connectivity index (χ1) is 18.6. The minimum absolute atomic E-state index is 0.00222. The number of hydrogen-bond donors (Lipinski definition) is 5. The zero-order valence-corrected chi connectivity index (χ0v) is 23.1. The molecule has 0 aliphatic heterocycles. The van der Waals surface area contributed by atoms with Gasteiger partial charge in [-0.05, 0) is 31.9 Å². The molecular weight excluding hydrogens is 529 g/mol. The lowest BCUT2D eigenvalue weighted by Gasteiger charge is -2.29. The first kappa shape index (κ1) is 31.8. The van der Waals surface area contributed by atoms with Gasteiger partial charge in [-0.2, -0.15) is 0 Å². The van der Waals surface area contributed by atoms with Gasteiger partial charge in [0.2, 0.25) is 12.3 Å². The minimum atomic E-state index is -4.57. The van der Waals surface area contributed by atoms with E-state index in [9.17, 15) is 33.9 Å². The Kier molecular flexibility index (Phi) is 12.5. The molecule has 0 radical (unpaired) electrons. The molecule has 0 spiro atoms. The smallest absolute Gasteiger partial charge is 0.359 e. The van der Waals surface area contributed by atoms with Crippen molar-refractivity contribution in [1.29, 1.82) is 0 Å². The van der Waals surface area contributed by atoms with Gasteiger partial charge in [0.1, 0.15) is 16.7 Å². The Balaban J connectivity index is 2.12. The van der Waals surface area contributed by atoms with Crippen LogP contribution >= 0.6 is 7.60 Å². The lowest BCUT2D eigenvalue weighted by molar-refractivity contribution is -0.168. The molecule has 0 fully saturated rings. The van der Waals surface area contributed by atoms with Crippen LogP contribution in [0.1, 0.15) is 63.4 Å². The highest BCUT2D eigenvalue weighted by Crippen LogP contribution is 2.38. The van der Waals surface area contributed by atoms with E-state index in [0.29, 0.717) is 23.5 Å². The monoisotopic (exact) mass is 565 g/mol. The molecule has 214 valence electrons. The third kappa shape index (κ3) is 9.10. The number of ether oxygens (including phenoxy) is 1. The molecule has 3 amide bonds. The second-order valence-electron chi connectivity index (χ2n) is 8.74. The Hall–Kier alpha value is -3.38. The maximum atomic E-state index is 12.9. The first-order valence-corrected chi connectivity index (χ1v) is 14.3. The molecule has 2 aromatic rings. The highest BCUT2D eigenvalue weighted by molar-refractivity contribution is 7.60. The summed E-state index contributed by atoms with van der Waals surface area (Å²) in [5, 5.41) is 15.4. The summed E-state index contributed by atoms with van der Waals surface area (Å²) in [6, 6.07) is 3.39. The zero-order chi connectivity index (χ0) is 29.0. The fourth-order valence-electron chi connectivity index (χ4n) is 4.08. The van der Waals surface area contributed by atoms with Gasteiger partial charge in [-0.15, -0.1) is 0 Å². The summed E-state index contributed by atoms with van der Waals surface area (Å²) >= 11 is 0. The molecule has 2 atom stereocenters. The number of hydroxylamine groups is 2. The van der Waals surface area contributed by atoms with Gasteiger partial charge in [0.05, 0.1) is 43.3 Å². The SMILES string of the molecule is CCCCCC(C(=O)NCNC(=O)c1cncc(-c2ccc(P(=O)(O)O)c(OCC)c2)n1)C(CC)N(O)C=O. The van der Waals surface area contributed by atoms with Crippen LogP contribution in [0.3, 0.4) is 0 Å². The predicted molar refractivity (Wildman–Crippen MR) is 142 cm³/mol. The Morgan fingerprint density at radius 2 is 1.90 bits per heavy atom. The van der Waals surface area contributed by atoms with Crippen LogP contribution in [0.2, 0.25) is 0 Å². The molecule has 0 saturated heterocycles. The summed E-state index contributed by atoms with van der Waals surface area (Å²) in [5.74, 6) is -1.69. The van der Waals surface area contributed by atoms with Crippen molar-refractivity contribution in [2.45, 2.75) is 58.9 Å². The topological polar surface area (TPSA) is 191 Å². The standard InChI is InChI=1S/C25H36N5O8P/c1-4-7-8-9-18(21(5-2)30(34)16-31)24(32)27-15-28-25(33)20-14-26-13-19(29-20)17-10-11-23(39(35,36)37)22(12-17)38-6-3/h10-14,16,18,21,34H,4-9,15H2,1-3H3,(H,27,32)(H,28,33)(H2,35,36,37). The number of nitrogens with zero attached hydrogens (tertiary/aromatic N) is 3. The van der Waals surface area contributed by atoms with Crippen molar-refractivity contribution in [2.75, 3.05) is 13.3 Å². The summed E-state index contributed by atoms with van der Waals surface area (Å²) in [5.41, 5.74) is 0.645. The van der Waals surface area contributed by atoms with Crippen LogP contribution < -0.4 is 20.7 Å². The molecule has 39 heavy (non-hydrogen) atoms. The number of carbonyl (C=O) groups excluding carboxylic acids is 3. The van der Waals surface area contributed by atoms with E-state index in [1.807, 2.05) is 6.92 Å². The van der Waals surface area contributed by atoms with Crippen LogP contribution in [-0.4, -0.2) is 67.6 Å². The highest BCUT2D eigenvalue weighted by atomic mass is 31.2. The molecule has 2 unspecified atom stereocenters. The summed E-state index contributed by atoms with van der Waals surface area (Å²) in [6.07, 6.45) is 6.32. The Bertz CT molecular complexity index is 1170. The predicted octanol–water partition coefficient (Wildman–Crippen LogP) is 1.97. The average molecular weight is 566 g/mol. The number of unbranched alkanes of at least 4 members (excludes halogenated alkanes) is 2.